The highest BCUT2D eigenvalue weighted by atomic mass is 16.5. The average Bonchev–Trinajstić information content (AvgIpc) is 2.48. The van der Waals surface area contributed by atoms with E-state index in [4.69, 9.17) is 9.47 Å². The summed E-state index contributed by atoms with van der Waals surface area (Å²) < 4.78 is 10.2. The molecule has 20 heavy (non-hydrogen) atoms. The zero-order valence-electron chi connectivity index (χ0n) is 11.8. The monoisotopic (exact) mass is 280 g/mol. The van der Waals surface area contributed by atoms with Gasteiger partial charge in [-0.15, -0.1) is 0 Å². The summed E-state index contributed by atoms with van der Waals surface area (Å²) in [5.74, 6) is 1.27. The second kappa shape index (κ2) is 7.04. The van der Waals surface area contributed by atoms with Crippen LogP contribution >= 0.6 is 0 Å². The number of aromatic nitrogens is 2. The number of ether oxygens (including phenoxy) is 2. The maximum Gasteiger partial charge on any atom is 0.323 e. The van der Waals surface area contributed by atoms with Crippen LogP contribution in [0.4, 0.5) is 10.6 Å². The van der Waals surface area contributed by atoms with E-state index in [2.05, 4.69) is 15.3 Å². The van der Waals surface area contributed by atoms with Gasteiger partial charge in [-0.3, -0.25) is 5.32 Å². The molecule has 1 aromatic rings. The van der Waals surface area contributed by atoms with Gasteiger partial charge in [0.1, 0.15) is 12.1 Å². The topological polar surface area (TPSA) is 76.6 Å². The maximum absolute atomic E-state index is 12.2. The number of hydrogen-bond acceptors (Lipinski definition) is 5. The van der Waals surface area contributed by atoms with Crippen LogP contribution in [-0.4, -0.2) is 54.8 Å². The van der Waals surface area contributed by atoms with Gasteiger partial charge >= 0.3 is 6.03 Å². The minimum absolute atomic E-state index is 0.147. The number of rotatable bonds is 4. The normalized spacial score (nSPS) is 18.7. The third-order valence-corrected chi connectivity index (χ3v) is 3.29. The second-order valence-electron chi connectivity index (χ2n) is 4.79. The summed E-state index contributed by atoms with van der Waals surface area (Å²) in [6, 6.07) is 1.45. The van der Waals surface area contributed by atoms with E-state index in [-0.39, 0.29) is 6.03 Å². The van der Waals surface area contributed by atoms with Crippen LogP contribution in [0.15, 0.2) is 12.4 Å². The van der Waals surface area contributed by atoms with Crippen LogP contribution in [0.25, 0.3) is 0 Å². The molecule has 7 heteroatoms. The number of hydrogen-bond donors (Lipinski definition) is 1. The first-order valence-corrected chi connectivity index (χ1v) is 6.64. The molecule has 0 aliphatic carbocycles. The van der Waals surface area contributed by atoms with Crippen LogP contribution in [-0.2, 0) is 4.74 Å². The van der Waals surface area contributed by atoms with E-state index < -0.39 is 0 Å². The SMILES string of the molecule is COCC1CCCN(C(=O)Nc2cc(OC)ncn2)C1. The third kappa shape index (κ3) is 3.80. The number of piperidine rings is 1. The standard InChI is InChI=1S/C13H20N4O3/c1-19-8-10-4-3-5-17(7-10)13(18)16-11-6-12(20-2)15-9-14-11/h6,9-10H,3-5,7-8H2,1-2H3,(H,14,15,16,18). The van der Waals surface area contributed by atoms with Crippen molar-refractivity contribution in [3.63, 3.8) is 0 Å². The summed E-state index contributed by atoms with van der Waals surface area (Å²) in [4.78, 5) is 21.9. The van der Waals surface area contributed by atoms with Crippen molar-refractivity contribution in [3.05, 3.63) is 12.4 Å². The van der Waals surface area contributed by atoms with E-state index in [1.54, 1.807) is 18.1 Å². The molecule has 1 N–H and O–H groups in total. The van der Waals surface area contributed by atoms with Crippen molar-refractivity contribution < 1.29 is 14.3 Å². The van der Waals surface area contributed by atoms with Crippen molar-refractivity contribution in [2.45, 2.75) is 12.8 Å². The zero-order valence-corrected chi connectivity index (χ0v) is 11.8. The molecule has 110 valence electrons. The van der Waals surface area contributed by atoms with Crippen molar-refractivity contribution in [3.8, 4) is 5.88 Å². The van der Waals surface area contributed by atoms with Crippen LogP contribution in [0.2, 0.25) is 0 Å². The lowest BCUT2D eigenvalue weighted by atomic mass is 9.99. The highest BCUT2D eigenvalue weighted by molar-refractivity contribution is 5.88. The molecular weight excluding hydrogens is 260 g/mol. The van der Waals surface area contributed by atoms with E-state index in [9.17, 15) is 4.79 Å². The molecule has 1 aliphatic heterocycles. The first-order chi connectivity index (χ1) is 9.72. The number of urea groups is 1. The number of likely N-dealkylation sites (tertiary alicyclic amines) is 1. The summed E-state index contributed by atoms with van der Waals surface area (Å²) in [6.45, 7) is 2.15. The van der Waals surface area contributed by atoms with Crippen molar-refractivity contribution in [1.82, 2.24) is 14.9 Å². The molecule has 2 rings (SSSR count). The molecule has 2 amide bonds. The van der Waals surface area contributed by atoms with Gasteiger partial charge in [0.2, 0.25) is 5.88 Å². The molecule has 1 saturated heterocycles. The molecule has 1 atom stereocenters. The fraction of sp³-hybridized carbons (Fsp3) is 0.615. The van der Waals surface area contributed by atoms with Gasteiger partial charge in [0.05, 0.1) is 13.7 Å². The van der Waals surface area contributed by atoms with Gasteiger partial charge in [0.25, 0.3) is 0 Å². The van der Waals surface area contributed by atoms with Crippen molar-refractivity contribution in [2.75, 3.05) is 39.2 Å². The number of methoxy groups -OCH3 is 2. The molecule has 0 radical (unpaired) electrons. The number of amides is 2. The number of anilines is 1. The Morgan fingerprint density at radius 2 is 2.35 bits per heavy atom. The van der Waals surface area contributed by atoms with Crippen molar-refractivity contribution in [2.24, 2.45) is 5.92 Å². The summed E-state index contributed by atoms with van der Waals surface area (Å²) >= 11 is 0. The van der Waals surface area contributed by atoms with Gasteiger partial charge in [-0.2, -0.15) is 0 Å². The van der Waals surface area contributed by atoms with Crippen molar-refractivity contribution in [1.29, 1.82) is 0 Å². The summed E-state index contributed by atoms with van der Waals surface area (Å²) in [5.41, 5.74) is 0. The Morgan fingerprint density at radius 1 is 1.50 bits per heavy atom. The molecule has 0 bridgehead atoms. The lowest BCUT2D eigenvalue weighted by molar-refractivity contribution is 0.104. The first-order valence-electron chi connectivity index (χ1n) is 6.64. The predicted octanol–water partition coefficient (Wildman–Crippen LogP) is 1.38. The summed E-state index contributed by atoms with van der Waals surface area (Å²) in [6.07, 6.45) is 3.45. The van der Waals surface area contributed by atoms with Gasteiger partial charge in [-0.25, -0.2) is 14.8 Å². The second-order valence-corrected chi connectivity index (χ2v) is 4.79. The molecule has 1 aliphatic rings. The summed E-state index contributed by atoms with van der Waals surface area (Å²) in [7, 11) is 3.21. The molecule has 1 fully saturated rings. The van der Waals surface area contributed by atoms with Gasteiger partial charge in [0, 0.05) is 32.2 Å². The van der Waals surface area contributed by atoms with Gasteiger partial charge in [-0.1, -0.05) is 0 Å². The van der Waals surface area contributed by atoms with Gasteiger partial charge < -0.3 is 14.4 Å². The Hall–Kier alpha value is -1.89. The van der Waals surface area contributed by atoms with Crippen LogP contribution in [0.3, 0.4) is 0 Å². The van der Waals surface area contributed by atoms with E-state index in [0.29, 0.717) is 30.8 Å². The lowest BCUT2D eigenvalue weighted by Crippen LogP contribution is -2.43. The van der Waals surface area contributed by atoms with E-state index in [0.717, 1.165) is 19.4 Å². The number of nitrogens with zero attached hydrogens (tertiary/aromatic N) is 3. The van der Waals surface area contributed by atoms with Crippen LogP contribution in [0.5, 0.6) is 5.88 Å². The smallest absolute Gasteiger partial charge is 0.323 e. The van der Waals surface area contributed by atoms with Crippen molar-refractivity contribution >= 4 is 11.8 Å². The highest BCUT2D eigenvalue weighted by Crippen LogP contribution is 2.18. The van der Waals surface area contributed by atoms with Crippen LogP contribution in [0, 0.1) is 5.92 Å². The fourth-order valence-corrected chi connectivity index (χ4v) is 2.33. The Bertz CT molecular complexity index is 453. The molecule has 1 aromatic heterocycles. The van der Waals surface area contributed by atoms with Gasteiger partial charge in [-0.05, 0) is 12.8 Å². The third-order valence-electron chi connectivity index (χ3n) is 3.29. The average molecular weight is 280 g/mol. The van der Waals surface area contributed by atoms with E-state index >= 15 is 0 Å². The molecular formula is C13H20N4O3. The Balaban J connectivity index is 1.93. The lowest BCUT2D eigenvalue weighted by Gasteiger charge is -2.32. The minimum Gasteiger partial charge on any atom is -0.481 e. The fourth-order valence-electron chi connectivity index (χ4n) is 2.33. The number of carbonyl (C=O) groups excluding carboxylic acids is 1. The largest absolute Gasteiger partial charge is 0.481 e. The van der Waals surface area contributed by atoms with E-state index in [1.165, 1.54) is 13.4 Å². The highest BCUT2D eigenvalue weighted by Gasteiger charge is 2.23. The molecule has 0 saturated carbocycles. The first kappa shape index (κ1) is 14.5. The van der Waals surface area contributed by atoms with Crippen LogP contribution < -0.4 is 10.1 Å². The molecule has 2 heterocycles. The number of carbonyl (C=O) groups is 1. The van der Waals surface area contributed by atoms with Crippen LogP contribution in [0.1, 0.15) is 12.8 Å². The van der Waals surface area contributed by atoms with E-state index in [1.807, 2.05) is 0 Å². The molecule has 1 unspecified atom stereocenters. The predicted molar refractivity (Wildman–Crippen MR) is 73.8 cm³/mol. The Morgan fingerprint density at radius 3 is 3.10 bits per heavy atom. The minimum atomic E-state index is -0.147. The quantitative estimate of drug-likeness (QED) is 0.901. The zero-order chi connectivity index (χ0) is 14.4. The molecule has 0 spiro atoms. The Kier molecular flexibility index (Phi) is 5.11. The van der Waals surface area contributed by atoms with Gasteiger partial charge in [0.15, 0.2) is 0 Å². The number of nitrogens with one attached hydrogen (secondary N) is 1. The Labute approximate surface area is 118 Å². The summed E-state index contributed by atoms with van der Waals surface area (Å²) in [5, 5.41) is 2.76. The maximum atomic E-state index is 12.2. The molecule has 7 nitrogen and oxygen atoms in total. The molecule has 0 aromatic carbocycles.